The largest absolute Gasteiger partial charge is 0.493 e. The molecule has 156 valence electrons. The third kappa shape index (κ3) is 2.58. The first-order valence-electron chi connectivity index (χ1n) is 9.72. The Morgan fingerprint density at radius 3 is 2.53 bits per heavy atom. The van der Waals surface area contributed by atoms with Crippen LogP contribution in [-0.2, 0) is 6.42 Å². The summed E-state index contributed by atoms with van der Waals surface area (Å²) in [5.74, 6) is 1.55. The highest BCUT2D eigenvalue weighted by molar-refractivity contribution is 6.06. The van der Waals surface area contributed by atoms with Crippen LogP contribution in [0.1, 0.15) is 34.3 Å². The Morgan fingerprint density at radius 2 is 1.83 bits per heavy atom. The monoisotopic (exact) mass is 410 g/mol. The minimum Gasteiger partial charge on any atom is -0.493 e. The number of hydrogen-bond donors (Lipinski definition) is 1. The number of methoxy groups -OCH3 is 2. The lowest BCUT2D eigenvalue weighted by molar-refractivity contribution is -0.112. The van der Waals surface area contributed by atoms with E-state index in [4.69, 9.17) is 23.7 Å². The van der Waals surface area contributed by atoms with Gasteiger partial charge < -0.3 is 28.8 Å². The molecule has 0 saturated heterocycles. The summed E-state index contributed by atoms with van der Waals surface area (Å²) in [6.45, 7) is 5.87. The topological polar surface area (TPSA) is 83.5 Å². The number of ether oxygens (including phenoxy) is 5. The van der Waals surface area contributed by atoms with E-state index in [1.54, 1.807) is 24.3 Å². The molecule has 0 radical (unpaired) electrons. The number of fused-ring (bicyclic) bond motifs is 6. The molecule has 30 heavy (non-hydrogen) atoms. The van der Waals surface area contributed by atoms with Crippen molar-refractivity contribution in [2.45, 2.75) is 37.8 Å². The Morgan fingerprint density at radius 1 is 1.10 bits per heavy atom. The van der Waals surface area contributed by atoms with Crippen LogP contribution in [0.4, 0.5) is 0 Å². The maximum atomic E-state index is 13.6. The minimum atomic E-state index is -1.31. The first kappa shape index (κ1) is 18.8. The van der Waals surface area contributed by atoms with E-state index in [1.165, 1.54) is 14.2 Å². The van der Waals surface area contributed by atoms with Crippen molar-refractivity contribution in [3.63, 3.8) is 0 Å². The van der Waals surface area contributed by atoms with E-state index < -0.39 is 18.3 Å². The molecule has 0 fully saturated rings. The number of aliphatic hydroxyl groups is 1. The highest BCUT2D eigenvalue weighted by Gasteiger charge is 2.49. The van der Waals surface area contributed by atoms with Crippen molar-refractivity contribution in [1.29, 1.82) is 0 Å². The van der Waals surface area contributed by atoms with Crippen LogP contribution in [-0.4, -0.2) is 43.6 Å². The van der Waals surface area contributed by atoms with E-state index in [9.17, 15) is 9.90 Å². The molecular formula is C23H22O7. The van der Waals surface area contributed by atoms with Crippen molar-refractivity contribution in [3.05, 3.63) is 53.1 Å². The smallest absolute Gasteiger partial charge is 0.235 e. The summed E-state index contributed by atoms with van der Waals surface area (Å²) in [6.07, 6.45) is -1.79. The lowest BCUT2D eigenvalue weighted by atomic mass is 9.80. The quantitative estimate of drug-likeness (QED) is 0.779. The number of carbonyl (C=O) groups excluding carboxylic acids is 1. The van der Waals surface area contributed by atoms with Crippen LogP contribution in [0, 0.1) is 0 Å². The van der Waals surface area contributed by atoms with E-state index >= 15 is 0 Å². The molecule has 3 heterocycles. The van der Waals surface area contributed by atoms with Crippen molar-refractivity contribution >= 4 is 5.78 Å². The van der Waals surface area contributed by atoms with Crippen LogP contribution >= 0.6 is 0 Å². The van der Waals surface area contributed by atoms with Crippen LogP contribution < -0.4 is 23.7 Å². The normalized spacial score (nSPS) is 25.5. The van der Waals surface area contributed by atoms with Crippen molar-refractivity contribution in [1.82, 2.24) is 0 Å². The molecule has 0 saturated carbocycles. The molecule has 0 spiro atoms. The van der Waals surface area contributed by atoms with Crippen LogP contribution in [0.3, 0.4) is 0 Å². The first-order valence-corrected chi connectivity index (χ1v) is 9.72. The molecule has 7 nitrogen and oxygen atoms in total. The molecule has 2 aromatic carbocycles. The highest BCUT2D eigenvalue weighted by atomic mass is 16.6. The Bertz CT molecular complexity index is 1070. The Hall–Kier alpha value is -3.19. The standard InChI is InChI=1S/C23H22O7/c1-10(2)15-8-13-14(28-15)6-5-11-20(24)19-12-7-17(26-3)18(27-4)9-16(12)29-23(25)22(19)30-21(11)13/h5-7,9,15,19,22-23,25H,1,8H2,2-4H3/t15-,19-,22+,23?/m0/s1. The summed E-state index contributed by atoms with van der Waals surface area (Å²) in [5, 5.41) is 10.7. The molecule has 2 aromatic rings. The van der Waals surface area contributed by atoms with Gasteiger partial charge in [-0.2, -0.15) is 0 Å². The number of ketones is 1. The molecule has 3 aliphatic heterocycles. The molecule has 0 bridgehead atoms. The number of aliphatic hydroxyl groups excluding tert-OH is 1. The maximum Gasteiger partial charge on any atom is 0.235 e. The van der Waals surface area contributed by atoms with Gasteiger partial charge in [-0.25, -0.2) is 0 Å². The molecule has 0 aromatic heterocycles. The van der Waals surface area contributed by atoms with Gasteiger partial charge in [-0.3, -0.25) is 4.79 Å². The summed E-state index contributed by atoms with van der Waals surface area (Å²) >= 11 is 0. The molecular weight excluding hydrogens is 388 g/mol. The third-order valence-corrected chi connectivity index (χ3v) is 5.94. The summed E-state index contributed by atoms with van der Waals surface area (Å²) in [4.78, 5) is 13.6. The second kappa shape index (κ2) is 6.67. The van der Waals surface area contributed by atoms with Crippen LogP contribution in [0.2, 0.25) is 0 Å². The number of Topliss-reactive ketones (excluding diaryl/α,β-unsaturated/α-hetero) is 1. The molecule has 3 aliphatic rings. The molecule has 4 atom stereocenters. The molecule has 0 aliphatic carbocycles. The van der Waals surface area contributed by atoms with Gasteiger partial charge in [-0.05, 0) is 30.7 Å². The Balaban J connectivity index is 1.61. The Kier molecular flexibility index (Phi) is 4.18. The van der Waals surface area contributed by atoms with Gasteiger partial charge in [0.1, 0.15) is 23.4 Å². The van der Waals surface area contributed by atoms with Crippen molar-refractivity contribution in [2.24, 2.45) is 0 Å². The van der Waals surface area contributed by atoms with E-state index in [2.05, 4.69) is 6.58 Å². The van der Waals surface area contributed by atoms with Gasteiger partial charge in [0.15, 0.2) is 23.4 Å². The van der Waals surface area contributed by atoms with Crippen LogP contribution in [0.15, 0.2) is 36.4 Å². The summed E-state index contributed by atoms with van der Waals surface area (Å²) in [5.41, 5.74) is 2.78. The number of carbonyl (C=O) groups is 1. The zero-order valence-corrected chi connectivity index (χ0v) is 16.9. The maximum absolute atomic E-state index is 13.6. The predicted octanol–water partition coefficient (Wildman–Crippen LogP) is 3.02. The molecule has 7 heteroatoms. The van der Waals surface area contributed by atoms with E-state index in [-0.39, 0.29) is 11.9 Å². The van der Waals surface area contributed by atoms with Gasteiger partial charge >= 0.3 is 0 Å². The summed E-state index contributed by atoms with van der Waals surface area (Å²) in [6, 6.07) is 6.84. The average Bonchev–Trinajstić information content (AvgIpc) is 3.18. The van der Waals surface area contributed by atoms with Crippen molar-refractivity contribution < 1.29 is 33.6 Å². The zero-order chi connectivity index (χ0) is 21.2. The second-order valence-corrected chi connectivity index (χ2v) is 7.75. The van der Waals surface area contributed by atoms with Gasteiger partial charge in [0.05, 0.1) is 25.7 Å². The molecule has 5 rings (SSSR count). The first-order chi connectivity index (χ1) is 14.4. The van der Waals surface area contributed by atoms with Gasteiger partial charge in [-0.15, -0.1) is 0 Å². The number of hydrogen-bond acceptors (Lipinski definition) is 7. The highest BCUT2D eigenvalue weighted by Crippen LogP contribution is 2.50. The lowest BCUT2D eigenvalue weighted by Gasteiger charge is -2.40. The summed E-state index contributed by atoms with van der Waals surface area (Å²) < 4.78 is 28.5. The number of rotatable bonds is 3. The van der Waals surface area contributed by atoms with Crippen molar-refractivity contribution in [3.8, 4) is 28.7 Å². The molecule has 1 N–H and O–H groups in total. The Labute approximate surface area is 173 Å². The fourth-order valence-corrected chi connectivity index (χ4v) is 4.38. The molecule has 0 amide bonds. The summed E-state index contributed by atoms with van der Waals surface area (Å²) in [7, 11) is 3.04. The van der Waals surface area contributed by atoms with Crippen LogP contribution in [0.5, 0.6) is 28.7 Å². The van der Waals surface area contributed by atoms with E-state index in [1.807, 2.05) is 6.92 Å². The minimum absolute atomic E-state index is 0.140. The van der Waals surface area contributed by atoms with Gasteiger partial charge in [0.25, 0.3) is 0 Å². The van der Waals surface area contributed by atoms with E-state index in [0.29, 0.717) is 46.3 Å². The van der Waals surface area contributed by atoms with Gasteiger partial charge in [0.2, 0.25) is 6.29 Å². The predicted molar refractivity (Wildman–Crippen MR) is 107 cm³/mol. The lowest BCUT2D eigenvalue weighted by Crippen LogP contribution is -2.49. The van der Waals surface area contributed by atoms with Crippen LogP contribution in [0.25, 0.3) is 0 Å². The fourth-order valence-electron chi connectivity index (χ4n) is 4.38. The van der Waals surface area contributed by atoms with Crippen molar-refractivity contribution in [2.75, 3.05) is 14.2 Å². The van der Waals surface area contributed by atoms with E-state index in [0.717, 1.165) is 11.1 Å². The third-order valence-electron chi connectivity index (χ3n) is 5.94. The zero-order valence-electron chi connectivity index (χ0n) is 16.9. The second-order valence-electron chi connectivity index (χ2n) is 7.75. The SMILES string of the molecule is C=C(C)[C@@H]1Cc2c(ccc3c2O[C@H]2C(O)Oc4cc(OC)c(OC)cc4[C@H]2C3=O)O1. The molecule has 1 unspecified atom stereocenters. The average molecular weight is 410 g/mol. The fraction of sp³-hybridized carbons (Fsp3) is 0.348. The number of benzene rings is 2. The van der Waals surface area contributed by atoms with Gasteiger partial charge in [-0.1, -0.05) is 6.58 Å². The van der Waals surface area contributed by atoms with Gasteiger partial charge in [0, 0.05) is 23.6 Å².